The number of carbonyl (C=O) groups is 3. The first kappa shape index (κ1) is 19.8. The van der Waals surface area contributed by atoms with Crippen LogP contribution in [0.3, 0.4) is 0 Å². The van der Waals surface area contributed by atoms with Gasteiger partial charge in [-0.1, -0.05) is 32.6 Å². The van der Waals surface area contributed by atoms with Gasteiger partial charge in [0.15, 0.2) is 0 Å². The number of hydrogen-bond acceptors (Lipinski definition) is 5. The second-order valence-electron chi connectivity index (χ2n) is 6.63. The van der Waals surface area contributed by atoms with Gasteiger partial charge in [0.05, 0.1) is 6.20 Å². The van der Waals surface area contributed by atoms with Crippen LogP contribution in [0.2, 0.25) is 0 Å². The average Bonchev–Trinajstić information content (AvgIpc) is 2.66. The molecule has 8 nitrogen and oxygen atoms in total. The standard InChI is InChI=1S/C18H26N4O4/c1-2-6-13(18(25)26)21-17(24)15(12-7-4-3-5-8-12)22-16(23)14-11-19-9-10-20-14/h9-13,15H,2-8H2,1H3,(H,21,24)(H,22,23)(H,25,26)/t13-,15-/m0/s1. The third-order valence-electron chi connectivity index (χ3n) is 4.68. The molecule has 0 aliphatic heterocycles. The molecule has 1 aliphatic rings. The number of carboxylic acid groups (broad SMARTS) is 1. The maximum Gasteiger partial charge on any atom is 0.326 e. The lowest BCUT2D eigenvalue weighted by Crippen LogP contribution is -2.55. The Kier molecular flexibility index (Phi) is 7.50. The first-order valence-corrected chi connectivity index (χ1v) is 9.13. The Labute approximate surface area is 152 Å². The fourth-order valence-corrected chi connectivity index (χ4v) is 3.30. The summed E-state index contributed by atoms with van der Waals surface area (Å²) >= 11 is 0. The predicted molar refractivity (Wildman–Crippen MR) is 94.3 cm³/mol. The molecule has 0 spiro atoms. The quantitative estimate of drug-likeness (QED) is 0.645. The maximum atomic E-state index is 12.8. The lowest BCUT2D eigenvalue weighted by atomic mass is 9.83. The van der Waals surface area contributed by atoms with Crippen molar-refractivity contribution in [3.8, 4) is 0 Å². The van der Waals surface area contributed by atoms with Gasteiger partial charge < -0.3 is 15.7 Å². The number of aromatic nitrogens is 2. The number of nitrogens with zero attached hydrogens (tertiary/aromatic N) is 2. The van der Waals surface area contributed by atoms with Crippen LogP contribution in [0.15, 0.2) is 18.6 Å². The number of nitrogens with one attached hydrogen (secondary N) is 2. The Morgan fingerprint density at radius 1 is 1.19 bits per heavy atom. The van der Waals surface area contributed by atoms with E-state index in [0.29, 0.717) is 12.8 Å². The molecule has 0 radical (unpaired) electrons. The van der Waals surface area contributed by atoms with Crippen molar-refractivity contribution in [2.75, 3.05) is 0 Å². The van der Waals surface area contributed by atoms with Gasteiger partial charge in [-0.2, -0.15) is 0 Å². The van der Waals surface area contributed by atoms with Crippen molar-refractivity contribution in [3.05, 3.63) is 24.3 Å². The van der Waals surface area contributed by atoms with Crippen LogP contribution in [-0.4, -0.2) is 44.9 Å². The molecule has 0 aromatic carbocycles. The van der Waals surface area contributed by atoms with Gasteiger partial charge in [-0.3, -0.25) is 14.6 Å². The average molecular weight is 362 g/mol. The molecule has 0 unspecified atom stereocenters. The molecule has 1 saturated carbocycles. The van der Waals surface area contributed by atoms with Crippen LogP contribution in [0.5, 0.6) is 0 Å². The summed E-state index contributed by atoms with van der Waals surface area (Å²) in [6.07, 6.45) is 9.93. The zero-order chi connectivity index (χ0) is 18.9. The predicted octanol–water partition coefficient (Wildman–Crippen LogP) is 1.52. The molecule has 1 heterocycles. The first-order chi connectivity index (χ1) is 12.5. The molecule has 142 valence electrons. The number of hydrogen-bond donors (Lipinski definition) is 3. The van der Waals surface area contributed by atoms with Crippen LogP contribution in [0.1, 0.15) is 62.4 Å². The number of aliphatic carboxylic acids is 1. The van der Waals surface area contributed by atoms with E-state index < -0.39 is 29.9 Å². The van der Waals surface area contributed by atoms with E-state index in [0.717, 1.165) is 32.1 Å². The highest BCUT2D eigenvalue weighted by atomic mass is 16.4. The SMILES string of the molecule is CCC[C@H](NC(=O)[C@@H](NC(=O)c1cnccn1)C1CCCCC1)C(=O)O. The summed E-state index contributed by atoms with van der Waals surface area (Å²) in [5.41, 5.74) is 0.129. The molecule has 26 heavy (non-hydrogen) atoms. The van der Waals surface area contributed by atoms with Crippen LogP contribution in [0.25, 0.3) is 0 Å². The van der Waals surface area contributed by atoms with Gasteiger partial charge in [0.25, 0.3) is 5.91 Å². The zero-order valence-electron chi connectivity index (χ0n) is 15.0. The third kappa shape index (κ3) is 5.50. The van der Waals surface area contributed by atoms with Crippen molar-refractivity contribution in [2.24, 2.45) is 5.92 Å². The Morgan fingerprint density at radius 2 is 1.92 bits per heavy atom. The summed E-state index contributed by atoms with van der Waals surface area (Å²) < 4.78 is 0. The number of rotatable bonds is 8. The molecule has 1 fully saturated rings. The van der Waals surface area contributed by atoms with Crippen LogP contribution in [0.4, 0.5) is 0 Å². The number of carboxylic acids is 1. The minimum absolute atomic E-state index is 0.0135. The van der Waals surface area contributed by atoms with Gasteiger partial charge >= 0.3 is 5.97 Å². The van der Waals surface area contributed by atoms with Gasteiger partial charge in [0.1, 0.15) is 17.8 Å². The normalized spacial score (nSPS) is 17.1. The topological polar surface area (TPSA) is 121 Å². The van der Waals surface area contributed by atoms with E-state index in [9.17, 15) is 19.5 Å². The Bertz CT molecular complexity index is 617. The Balaban J connectivity index is 2.13. The molecule has 8 heteroatoms. The summed E-state index contributed by atoms with van der Waals surface area (Å²) in [6, 6.07) is -1.73. The molecular weight excluding hydrogens is 336 g/mol. The van der Waals surface area contributed by atoms with Crippen molar-refractivity contribution < 1.29 is 19.5 Å². The molecule has 0 saturated heterocycles. The van der Waals surface area contributed by atoms with Gasteiger partial charge in [-0.05, 0) is 25.2 Å². The molecule has 1 aliphatic carbocycles. The van der Waals surface area contributed by atoms with Crippen LogP contribution in [0, 0.1) is 5.92 Å². The summed E-state index contributed by atoms with van der Waals surface area (Å²) in [5.74, 6) is -2.01. The fraction of sp³-hybridized carbons (Fsp3) is 0.611. The molecule has 3 N–H and O–H groups in total. The zero-order valence-corrected chi connectivity index (χ0v) is 15.0. The van der Waals surface area contributed by atoms with Gasteiger partial charge in [0, 0.05) is 12.4 Å². The second-order valence-corrected chi connectivity index (χ2v) is 6.63. The van der Waals surface area contributed by atoms with E-state index in [2.05, 4.69) is 20.6 Å². The lowest BCUT2D eigenvalue weighted by molar-refractivity contribution is -0.142. The lowest BCUT2D eigenvalue weighted by Gasteiger charge is -2.30. The molecule has 2 atom stereocenters. The number of amides is 2. The molecule has 1 aromatic heterocycles. The summed E-state index contributed by atoms with van der Waals surface area (Å²) in [6.45, 7) is 1.86. The van der Waals surface area contributed by atoms with Crippen molar-refractivity contribution in [1.29, 1.82) is 0 Å². The Morgan fingerprint density at radius 3 is 2.50 bits per heavy atom. The second kappa shape index (κ2) is 9.84. The summed E-state index contributed by atoms with van der Waals surface area (Å²) in [5, 5.41) is 14.6. The molecule has 2 rings (SSSR count). The van der Waals surface area contributed by atoms with Crippen molar-refractivity contribution in [3.63, 3.8) is 0 Å². The van der Waals surface area contributed by atoms with Crippen LogP contribution < -0.4 is 10.6 Å². The van der Waals surface area contributed by atoms with E-state index in [-0.39, 0.29) is 11.6 Å². The summed E-state index contributed by atoms with van der Waals surface area (Å²) in [4.78, 5) is 44.4. The van der Waals surface area contributed by atoms with E-state index >= 15 is 0 Å². The third-order valence-corrected chi connectivity index (χ3v) is 4.68. The minimum atomic E-state index is -1.07. The maximum absolute atomic E-state index is 12.8. The van der Waals surface area contributed by atoms with E-state index in [1.54, 1.807) is 0 Å². The molecule has 1 aromatic rings. The van der Waals surface area contributed by atoms with Crippen LogP contribution >= 0.6 is 0 Å². The largest absolute Gasteiger partial charge is 0.480 e. The first-order valence-electron chi connectivity index (χ1n) is 9.13. The highest BCUT2D eigenvalue weighted by Gasteiger charge is 2.33. The van der Waals surface area contributed by atoms with Gasteiger partial charge in [-0.15, -0.1) is 0 Å². The minimum Gasteiger partial charge on any atom is -0.480 e. The monoisotopic (exact) mass is 362 g/mol. The van der Waals surface area contributed by atoms with E-state index in [4.69, 9.17) is 0 Å². The number of carbonyl (C=O) groups excluding carboxylic acids is 2. The molecular formula is C18H26N4O4. The Hall–Kier alpha value is -2.51. The van der Waals surface area contributed by atoms with E-state index in [1.165, 1.54) is 18.6 Å². The van der Waals surface area contributed by atoms with E-state index in [1.807, 2.05) is 6.92 Å². The van der Waals surface area contributed by atoms with Crippen molar-refractivity contribution >= 4 is 17.8 Å². The molecule has 0 bridgehead atoms. The highest BCUT2D eigenvalue weighted by Crippen LogP contribution is 2.27. The van der Waals surface area contributed by atoms with Crippen LogP contribution in [-0.2, 0) is 9.59 Å². The smallest absolute Gasteiger partial charge is 0.326 e. The van der Waals surface area contributed by atoms with Gasteiger partial charge in [-0.25, -0.2) is 9.78 Å². The van der Waals surface area contributed by atoms with Gasteiger partial charge in [0.2, 0.25) is 5.91 Å². The van der Waals surface area contributed by atoms with Crippen molar-refractivity contribution in [2.45, 2.75) is 64.0 Å². The fourth-order valence-electron chi connectivity index (χ4n) is 3.30. The van der Waals surface area contributed by atoms with Crippen molar-refractivity contribution in [1.82, 2.24) is 20.6 Å². The molecule has 2 amide bonds. The summed E-state index contributed by atoms with van der Waals surface area (Å²) in [7, 11) is 0. The highest BCUT2D eigenvalue weighted by molar-refractivity contribution is 5.96.